The standard InChI is InChI=1S/C23H20N2/c1-2-22(18-9-5-3-6-10-18)23(19-11-7-4-8-12-19)20-14-16-25-21(17-20)13-15-24-25/h3-17H,2H2,1H3/b23-22+. The van der Waals surface area contributed by atoms with Crippen LogP contribution >= 0.6 is 0 Å². The van der Waals surface area contributed by atoms with Crippen molar-refractivity contribution in [3.8, 4) is 0 Å². The van der Waals surface area contributed by atoms with Gasteiger partial charge in [-0.3, -0.25) is 0 Å². The second-order valence-corrected chi connectivity index (χ2v) is 6.06. The van der Waals surface area contributed by atoms with E-state index in [0.717, 1.165) is 11.9 Å². The first-order chi connectivity index (χ1) is 12.4. The summed E-state index contributed by atoms with van der Waals surface area (Å²) in [5.74, 6) is 0. The van der Waals surface area contributed by atoms with E-state index in [4.69, 9.17) is 0 Å². The molecule has 0 N–H and O–H groups in total. The van der Waals surface area contributed by atoms with Gasteiger partial charge in [0.2, 0.25) is 0 Å². The molecule has 25 heavy (non-hydrogen) atoms. The van der Waals surface area contributed by atoms with Gasteiger partial charge in [0.1, 0.15) is 0 Å². The molecule has 0 saturated heterocycles. The largest absolute Gasteiger partial charge is 0.241 e. The number of rotatable bonds is 4. The van der Waals surface area contributed by atoms with Gasteiger partial charge in [-0.2, -0.15) is 5.10 Å². The quantitative estimate of drug-likeness (QED) is 0.440. The van der Waals surface area contributed by atoms with Crippen molar-refractivity contribution in [2.45, 2.75) is 13.3 Å². The number of allylic oxidation sites excluding steroid dienone is 1. The second kappa shape index (κ2) is 6.78. The molecule has 0 spiro atoms. The van der Waals surface area contributed by atoms with E-state index in [1.807, 2.05) is 23.0 Å². The molecule has 2 aromatic carbocycles. The first-order valence-electron chi connectivity index (χ1n) is 8.64. The molecule has 0 saturated carbocycles. The zero-order valence-electron chi connectivity index (χ0n) is 14.3. The number of hydrogen-bond acceptors (Lipinski definition) is 1. The molecule has 0 radical (unpaired) electrons. The molecule has 0 aliphatic rings. The summed E-state index contributed by atoms with van der Waals surface area (Å²) >= 11 is 0. The fraction of sp³-hybridized carbons (Fsp3) is 0.0870. The number of fused-ring (bicyclic) bond motifs is 1. The van der Waals surface area contributed by atoms with Crippen LogP contribution in [0.3, 0.4) is 0 Å². The SMILES string of the molecule is CC/C(=C(/c1ccccc1)c1ccn2nccc2c1)c1ccccc1. The molecule has 2 heteroatoms. The minimum atomic E-state index is 0.971. The molecule has 2 nitrogen and oxygen atoms in total. The van der Waals surface area contributed by atoms with Crippen molar-refractivity contribution in [1.82, 2.24) is 9.61 Å². The highest BCUT2D eigenvalue weighted by Crippen LogP contribution is 2.34. The highest BCUT2D eigenvalue weighted by molar-refractivity contribution is 5.99. The maximum Gasteiger partial charge on any atom is 0.0667 e. The summed E-state index contributed by atoms with van der Waals surface area (Å²) in [6.07, 6.45) is 4.84. The van der Waals surface area contributed by atoms with Gasteiger partial charge in [-0.05, 0) is 52.5 Å². The van der Waals surface area contributed by atoms with E-state index in [1.165, 1.54) is 27.8 Å². The fourth-order valence-corrected chi connectivity index (χ4v) is 3.36. The third-order valence-electron chi connectivity index (χ3n) is 4.53. The summed E-state index contributed by atoms with van der Waals surface area (Å²) in [6.45, 7) is 2.22. The van der Waals surface area contributed by atoms with Crippen LogP contribution in [0.25, 0.3) is 16.7 Å². The van der Waals surface area contributed by atoms with Crippen molar-refractivity contribution >= 4 is 16.7 Å². The Morgan fingerprint density at radius 1 is 0.800 bits per heavy atom. The van der Waals surface area contributed by atoms with Crippen LogP contribution in [0.2, 0.25) is 0 Å². The lowest BCUT2D eigenvalue weighted by Gasteiger charge is -2.16. The van der Waals surface area contributed by atoms with Gasteiger partial charge in [-0.25, -0.2) is 4.52 Å². The first-order valence-corrected chi connectivity index (χ1v) is 8.64. The molecule has 0 aliphatic carbocycles. The van der Waals surface area contributed by atoms with Gasteiger partial charge in [-0.15, -0.1) is 0 Å². The average molecular weight is 324 g/mol. The maximum atomic E-state index is 4.32. The monoisotopic (exact) mass is 324 g/mol. The summed E-state index contributed by atoms with van der Waals surface area (Å²) in [4.78, 5) is 0. The maximum absolute atomic E-state index is 4.32. The Balaban J connectivity index is 2.00. The van der Waals surface area contributed by atoms with Crippen LogP contribution in [0.15, 0.2) is 91.3 Å². The smallest absolute Gasteiger partial charge is 0.0667 e. The Bertz CT molecular complexity index is 1010. The van der Waals surface area contributed by atoms with Gasteiger partial charge in [0.25, 0.3) is 0 Å². The van der Waals surface area contributed by atoms with Gasteiger partial charge in [0, 0.05) is 12.4 Å². The molecule has 4 rings (SSSR count). The number of aromatic nitrogens is 2. The molecule has 122 valence electrons. The lowest BCUT2D eigenvalue weighted by Crippen LogP contribution is -1.96. The normalized spacial score (nSPS) is 12.2. The van der Waals surface area contributed by atoms with Crippen LogP contribution in [0.4, 0.5) is 0 Å². The lowest BCUT2D eigenvalue weighted by molar-refractivity contribution is 0.960. The minimum Gasteiger partial charge on any atom is -0.241 e. The first kappa shape index (κ1) is 15.4. The highest BCUT2D eigenvalue weighted by atomic mass is 15.2. The van der Waals surface area contributed by atoms with Crippen molar-refractivity contribution in [3.63, 3.8) is 0 Å². The summed E-state index contributed by atoms with van der Waals surface area (Å²) in [5, 5.41) is 4.32. The van der Waals surface area contributed by atoms with Crippen LogP contribution in [-0.2, 0) is 0 Å². The van der Waals surface area contributed by atoms with E-state index in [9.17, 15) is 0 Å². The van der Waals surface area contributed by atoms with E-state index < -0.39 is 0 Å². The van der Waals surface area contributed by atoms with Crippen LogP contribution in [-0.4, -0.2) is 9.61 Å². The molecule has 0 aliphatic heterocycles. The Morgan fingerprint density at radius 3 is 2.16 bits per heavy atom. The van der Waals surface area contributed by atoms with Gasteiger partial charge in [0.05, 0.1) is 5.52 Å². The highest BCUT2D eigenvalue weighted by Gasteiger charge is 2.13. The average Bonchev–Trinajstić information content (AvgIpc) is 3.15. The van der Waals surface area contributed by atoms with E-state index >= 15 is 0 Å². The Hall–Kier alpha value is -3.13. The zero-order chi connectivity index (χ0) is 17.1. The van der Waals surface area contributed by atoms with Gasteiger partial charge < -0.3 is 0 Å². The number of pyridine rings is 1. The van der Waals surface area contributed by atoms with E-state index in [1.54, 1.807) is 0 Å². The zero-order valence-corrected chi connectivity index (χ0v) is 14.3. The third-order valence-corrected chi connectivity index (χ3v) is 4.53. The van der Waals surface area contributed by atoms with E-state index in [-0.39, 0.29) is 0 Å². The molecule has 0 atom stereocenters. The van der Waals surface area contributed by atoms with Gasteiger partial charge >= 0.3 is 0 Å². The summed E-state index contributed by atoms with van der Waals surface area (Å²) in [7, 11) is 0. The predicted molar refractivity (Wildman–Crippen MR) is 104 cm³/mol. The number of hydrogen-bond donors (Lipinski definition) is 0. The lowest BCUT2D eigenvalue weighted by atomic mass is 9.88. The summed E-state index contributed by atoms with van der Waals surface area (Å²) in [6, 6.07) is 27.7. The summed E-state index contributed by atoms with van der Waals surface area (Å²) in [5.41, 5.74) is 7.49. The van der Waals surface area contributed by atoms with Crippen LogP contribution in [0.1, 0.15) is 30.0 Å². The molecular weight excluding hydrogens is 304 g/mol. The van der Waals surface area contributed by atoms with Crippen LogP contribution in [0, 0.1) is 0 Å². The molecule has 0 unspecified atom stereocenters. The topological polar surface area (TPSA) is 17.3 Å². The van der Waals surface area contributed by atoms with Crippen molar-refractivity contribution in [3.05, 3.63) is 108 Å². The molecule has 4 aromatic rings. The Kier molecular flexibility index (Phi) is 4.17. The molecule has 2 heterocycles. The Morgan fingerprint density at radius 2 is 1.48 bits per heavy atom. The van der Waals surface area contributed by atoms with Crippen molar-refractivity contribution in [2.75, 3.05) is 0 Å². The minimum absolute atomic E-state index is 0.971. The molecular formula is C23H20N2. The molecule has 0 fully saturated rings. The predicted octanol–water partition coefficient (Wildman–Crippen LogP) is 5.70. The van der Waals surface area contributed by atoms with E-state index in [0.29, 0.717) is 0 Å². The molecule has 2 aromatic heterocycles. The fourth-order valence-electron chi connectivity index (χ4n) is 3.36. The second-order valence-electron chi connectivity index (χ2n) is 6.06. The van der Waals surface area contributed by atoms with Crippen molar-refractivity contribution in [2.24, 2.45) is 0 Å². The number of benzene rings is 2. The van der Waals surface area contributed by atoms with Crippen molar-refractivity contribution in [1.29, 1.82) is 0 Å². The molecule has 0 amide bonds. The van der Waals surface area contributed by atoms with Crippen LogP contribution < -0.4 is 0 Å². The molecule has 0 bridgehead atoms. The van der Waals surface area contributed by atoms with Crippen molar-refractivity contribution < 1.29 is 0 Å². The van der Waals surface area contributed by atoms with Gasteiger partial charge in [-0.1, -0.05) is 67.6 Å². The van der Waals surface area contributed by atoms with Crippen LogP contribution in [0.5, 0.6) is 0 Å². The number of nitrogens with zero attached hydrogens (tertiary/aromatic N) is 2. The van der Waals surface area contributed by atoms with E-state index in [2.05, 4.69) is 84.8 Å². The third kappa shape index (κ3) is 2.99. The Labute approximate surface area is 148 Å². The summed E-state index contributed by atoms with van der Waals surface area (Å²) < 4.78 is 1.90. The van der Waals surface area contributed by atoms with Gasteiger partial charge in [0.15, 0.2) is 0 Å².